The van der Waals surface area contributed by atoms with E-state index in [4.69, 9.17) is 9.47 Å². The van der Waals surface area contributed by atoms with E-state index in [1.165, 1.54) is 5.75 Å². The van der Waals surface area contributed by atoms with Crippen molar-refractivity contribution in [1.29, 1.82) is 0 Å². The zero-order valence-electron chi connectivity index (χ0n) is 9.54. The Bertz CT molecular complexity index is 108. The number of thioether (sulfide) groups is 1. The second-order valence-corrected chi connectivity index (χ2v) is 4.28. The van der Waals surface area contributed by atoms with E-state index in [2.05, 4.69) is 12.2 Å². The molecule has 1 N–H and O–H groups in total. The first-order chi connectivity index (χ1) is 6.85. The minimum absolute atomic E-state index is 0.484. The Morgan fingerprint density at radius 3 is 2.64 bits per heavy atom. The van der Waals surface area contributed by atoms with Crippen LogP contribution in [0.5, 0.6) is 0 Å². The predicted molar refractivity (Wildman–Crippen MR) is 63.2 cm³/mol. The Kier molecular flexibility index (Phi) is 11.5. The van der Waals surface area contributed by atoms with Crippen molar-refractivity contribution in [1.82, 2.24) is 5.32 Å². The van der Waals surface area contributed by atoms with E-state index in [9.17, 15) is 0 Å². The molecule has 0 fully saturated rings. The minimum Gasteiger partial charge on any atom is -0.385 e. The predicted octanol–water partition coefficient (Wildman–Crippen LogP) is 1.38. The molecule has 1 atom stereocenters. The highest BCUT2D eigenvalue weighted by Crippen LogP contribution is 2.05. The Hall–Kier alpha value is 0.230. The van der Waals surface area contributed by atoms with Gasteiger partial charge in [0.1, 0.15) is 0 Å². The number of hydrogen-bond donors (Lipinski definition) is 1. The first-order valence-electron chi connectivity index (χ1n) is 5.14. The van der Waals surface area contributed by atoms with Crippen molar-refractivity contribution in [3.05, 3.63) is 0 Å². The fraction of sp³-hybridized carbons (Fsp3) is 1.00. The smallest absolute Gasteiger partial charge is 0.0623 e. The van der Waals surface area contributed by atoms with E-state index >= 15 is 0 Å². The van der Waals surface area contributed by atoms with Crippen LogP contribution in [0.25, 0.3) is 0 Å². The summed E-state index contributed by atoms with van der Waals surface area (Å²) >= 11 is 1.96. The highest BCUT2D eigenvalue weighted by atomic mass is 32.2. The molecule has 0 aliphatic carbocycles. The molecule has 0 saturated carbocycles. The van der Waals surface area contributed by atoms with Gasteiger partial charge >= 0.3 is 0 Å². The SMILES string of the molecule is CCNC(COC)CSCCCOC. The highest BCUT2D eigenvalue weighted by molar-refractivity contribution is 7.99. The van der Waals surface area contributed by atoms with E-state index in [0.29, 0.717) is 6.04 Å². The molecule has 14 heavy (non-hydrogen) atoms. The average Bonchev–Trinajstić information content (AvgIpc) is 2.18. The number of nitrogens with one attached hydrogen (secondary N) is 1. The third-order valence-corrected chi connectivity index (χ3v) is 3.03. The summed E-state index contributed by atoms with van der Waals surface area (Å²) in [6.45, 7) is 4.79. The maximum atomic E-state index is 5.13. The highest BCUT2D eigenvalue weighted by Gasteiger charge is 2.05. The lowest BCUT2D eigenvalue weighted by molar-refractivity contribution is 0.174. The van der Waals surface area contributed by atoms with Gasteiger partial charge in [-0.25, -0.2) is 0 Å². The lowest BCUT2D eigenvalue weighted by Crippen LogP contribution is -2.35. The second-order valence-electron chi connectivity index (χ2n) is 3.13. The van der Waals surface area contributed by atoms with Gasteiger partial charge in [-0.3, -0.25) is 0 Å². The fourth-order valence-electron chi connectivity index (χ4n) is 1.19. The molecule has 86 valence electrons. The molecule has 4 heteroatoms. The van der Waals surface area contributed by atoms with Gasteiger partial charge < -0.3 is 14.8 Å². The van der Waals surface area contributed by atoms with Crippen molar-refractivity contribution >= 4 is 11.8 Å². The Labute approximate surface area is 91.9 Å². The minimum atomic E-state index is 0.484. The monoisotopic (exact) mass is 221 g/mol. The van der Waals surface area contributed by atoms with E-state index < -0.39 is 0 Å². The number of ether oxygens (including phenoxy) is 2. The van der Waals surface area contributed by atoms with Crippen LogP contribution in [0.3, 0.4) is 0 Å². The van der Waals surface area contributed by atoms with E-state index in [0.717, 1.165) is 31.9 Å². The quantitative estimate of drug-likeness (QED) is 0.565. The molecule has 3 nitrogen and oxygen atoms in total. The fourth-order valence-corrected chi connectivity index (χ4v) is 2.17. The van der Waals surface area contributed by atoms with Gasteiger partial charge in [0.25, 0.3) is 0 Å². The number of rotatable bonds is 10. The van der Waals surface area contributed by atoms with E-state index in [-0.39, 0.29) is 0 Å². The van der Waals surface area contributed by atoms with Gasteiger partial charge in [0.15, 0.2) is 0 Å². The number of likely N-dealkylation sites (N-methyl/N-ethyl adjacent to an activating group) is 1. The molecule has 0 bridgehead atoms. The Morgan fingerprint density at radius 2 is 2.07 bits per heavy atom. The summed E-state index contributed by atoms with van der Waals surface area (Å²) in [6.07, 6.45) is 1.13. The van der Waals surface area contributed by atoms with Crippen molar-refractivity contribution in [2.75, 3.05) is 45.5 Å². The average molecular weight is 221 g/mol. The van der Waals surface area contributed by atoms with Gasteiger partial charge in [-0.15, -0.1) is 0 Å². The van der Waals surface area contributed by atoms with Crippen LogP contribution in [-0.4, -0.2) is 51.5 Å². The van der Waals surface area contributed by atoms with Crippen LogP contribution in [0, 0.1) is 0 Å². The van der Waals surface area contributed by atoms with Crippen molar-refractivity contribution in [2.24, 2.45) is 0 Å². The zero-order valence-corrected chi connectivity index (χ0v) is 10.4. The van der Waals surface area contributed by atoms with Crippen LogP contribution in [0.4, 0.5) is 0 Å². The molecule has 0 radical (unpaired) electrons. The standard InChI is InChI=1S/C10H23NO2S/c1-4-11-10(8-13-3)9-14-7-5-6-12-2/h10-11H,4-9H2,1-3H3. The molecule has 0 aromatic heterocycles. The molecule has 0 aliphatic heterocycles. The van der Waals surface area contributed by atoms with Crippen LogP contribution in [0.15, 0.2) is 0 Å². The van der Waals surface area contributed by atoms with Crippen LogP contribution >= 0.6 is 11.8 Å². The van der Waals surface area contributed by atoms with Crippen LogP contribution < -0.4 is 5.32 Å². The lowest BCUT2D eigenvalue weighted by Gasteiger charge is -2.16. The molecular formula is C10H23NO2S. The third-order valence-electron chi connectivity index (χ3n) is 1.82. The maximum absolute atomic E-state index is 5.13. The van der Waals surface area contributed by atoms with Gasteiger partial charge in [-0.2, -0.15) is 11.8 Å². The first kappa shape index (κ1) is 14.2. The van der Waals surface area contributed by atoms with Gasteiger partial charge in [0, 0.05) is 32.6 Å². The van der Waals surface area contributed by atoms with Crippen LogP contribution in [0.2, 0.25) is 0 Å². The van der Waals surface area contributed by atoms with Crippen LogP contribution in [-0.2, 0) is 9.47 Å². The van der Waals surface area contributed by atoms with Crippen LogP contribution in [0.1, 0.15) is 13.3 Å². The molecular weight excluding hydrogens is 198 g/mol. The number of hydrogen-bond acceptors (Lipinski definition) is 4. The van der Waals surface area contributed by atoms with Crippen molar-refractivity contribution < 1.29 is 9.47 Å². The molecule has 0 heterocycles. The van der Waals surface area contributed by atoms with Crippen molar-refractivity contribution in [3.8, 4) is 0 Å². The van der Waals surface area contributed by atoms with Gasteiger partial charge in [0.05, 0.1) is 6.61 Å². The molecule has 0 spiro atoms. The number of methoxy groups -OCH3 is 2. The summed E-state index contributed by atoms with van der Waals surface area (Å²) in [5.41, 5.74) is 0. The van der Waals surface area contributed by atoms with Crippen molar-refractivity contribution in [2.45, 2.75) is 19.4 Å². The first-order valence-corrected chi connectivity index (χ1v) is 6.29. The molecule has 0 aromatic carbocycles. The van der Waals surface area contributed by atoms with Crippen molar-refractivity contribution in [3.63, 3.8) is 0 Å². The summed E-state index contributed by atoms with van der Waals surface area (Å²) in [5.74, 6) is 2.28. The van der Waals surface area contributed by atoms with Gasteiger partial charge in [-0.05, 0) is 18.7 Å². The molecule has 0 aromatic rings. The lowest BCUT2D eigenvalue weighted by atomic mass is 10.3. The molecule has 0 rings (SSSR count). The topological polar surface area (TPSA) is 30.5 Å². The summed E-state index contributed by atoms with van der Waals surface area (Å²) in [4.78, 5) is 0. The Balaban J connectivity index is 3.30. The van der Waals surface area contributed by atoms with Gasteiger partial charge in [-0.1, -0.05) is 6.92 Å². The van der Waals surface area contributed by atoms with E-state index in [1.54, 1.807) is 14.2 Å². The second kappa shape index (κ2) is 11.3. The molecule has 0 amide bonds. The molecule has 1 unspecified atom stereocenters. The van der Waals surface area contributed by atoms with E-state index in [1.807, 2.05) is 11.8 Å². The summed E-state index contributed by atoms with van der Waals surface area (Å²) in [5, 5.41) is 3.40. The Morgan fingerprint density at radius 1 is 1.29 bits per heavy atom. The normalized spacial score (nSPS) is 13.1. The summed E-state index contributed by atoms with van der Waals surface area (Å²) < 4.78 is 10.1. The molecule has 0 aliphatic rings. The summed E-state index contributed by atoms with van der Waals surface area (Å²) in [6, 6.07) is 0.484. The maximum Gasteiger partial charge on any atom is 0.0623 e. The van der Waals surface area contributed by atoms with Gasteiger partial charge in [0.2, 0.25) is 0 Å². The third kappa shape index (κ3) is 8.81. The zero-order chi connectivity index (χ0) is 10.6. The summed E-state index contributed by atoms with van der Waals surface area (Å²) in [7, 11) is 3.50. The largest absolute Gasteiger partial charge is 0.385 e. The molecule has 0 saturated heterocycles.